The van der Waals surface area contributed by atoms with Crippen LogP contribution in [0.25, 0.3) is 0 Å². The van der Waals surface area contributed by atoms with Crippen molar-refractivity contribution in [1.82, 2.24) is 4.37 Å². The van der Waals surface area contributed by atoms with Gasteiger partial charge in [-0.05, 0) is 11.5 Å². The minimum atomic E-state index is -0.527. The van der Waals surface area contributed by atoms with Crippen LogP contribution >= 0.6 is 11.5 Å². The maximum atomic E-state index is 10.4. The summed E-state index contributed by atoms with van der Waals surface area (Å²) in [5, 5.41) is 0.377. The Balaban J connectivity index is 3.08. The summed E-state index contributed by atoms with van der Waals surface area (Å²) in [5.74, 6) is -0.527. The lowest BCUT2D eigenvalue weighted by molar-refractivity contribution is 0.100. The van der Waals surface area contributed by atoms with E-state index in [1.807, 2.05) is 0 Å². The third-order valence-electron chi connectivity index (χ3n) is 0.864. The second-order valence-corrected chi connectivity index (χ2v) is 2.30. The zero-order valence-corrected chi connectivity index (χ0v) is 5.31. The van der Waals surface area contributed by atoms with Crippen LogP contribution in [0.4, 0.5) is 5.00 Å². The van der Waals surface area contributed by atoms with E-state index in [0.29, 0.717) is 10.6 Å². The second kappa shape index (κ2) is 2.02. The smallest absolute Gasteiger partial charge is 0.253 e. The number of carbonyl (C=O) groups is 1. The van der Waals surface area contributed by atoms with Gasteiger partial charge in [0.2, 0.25) is 0 Å². The van der Waals surface area contributed by atoms with Gasteiger partial charge in [0.15, 0.2) is 0 Å². The Morgan fingerprint density at radius 2 is 2.44 bits per heavy atom. The Bertz CT molecular complexity index is 231. The first-order chi connectivity index (χ1) is 4.22. The van der Waals surface area contributed by atoms with Crippen LogP contribution in [0.15, 0.2) is 6.20 Å². The molecule has 0 bridgehead atoms. The number of rotatable bonds is 1. The van der Waals surface area contributed by atoms with Gasteiger partial charge >= 0.3 is 0 Å². The van der Waals surface area contributed by atoms with E-state index in [-0.39, 0.29) is 0 Å². The normalized spacial score (nSPS) is 9.33. The van der Waals surface area contributed by atoms with E-state index in [1.165, 1.54) is 6.20 Å². The predicted octanol–water partition coefficient (Wildman–Crippen LogP) is -0.176. The van der Waals surface area contributed by atoms with Crippen molar-refractivity contribution in [3.63, 3.8) is 0 Å². The van der Waals surface area contributed by atoms with Crippen LogP contribution in [0.5, 0.6) is 0 Å². The molecular formula is C4H5N3OS. The molecule has 0 saturated heterocycles. The molecule has 1 aromatic rings. The monoisotopic (exact) mass is 143 g/mol. The Morgan fingerprint density at radius 1 is 1.78 bits per heavy atom. The highest BCUT2D eigenvalue weighted by Crippen LogP contribution is 2.13. The van der Waals surface area contributed by atoms with Crippen molar-refractivity contribution < 1.29 is 4.79 Å². The number of nitrogens with zero attached hydrogens (tertiary/aromatic N) is 1. The van der Waals surface area contributed by atoms with Crippen LogP contribution in [0.2, 0.25) is 0 Å². The zero-order valence-electron chi connectivity index (χ0n) is 4.50. The maximum Gasteiger partial charge on any atom is 0.253 e. The van der Waals surface area contributed by atoms with Gasteiger partial charge in [-0.2, -0.15) is 4.37 Å². The topological polar surface area (TPSA) is 82.0 Å². The highest BCUT2D eigenvalue weighted by atomic mass is 32.1. The van der Waals surface area contributed by atoms with E-state index in [9.17, 15) is 4.79 Å². The standard InChI is InChI=1S/C4H5N3OS/c5-3(8)2-1-7-9-4(2)6/h1H,6H2,(H2,5,8). The number of amides is 1. The Hall–Kier alpha value is -1.10. The van der Waals surface area contributed by atoms with Crippen LogP contribution in [-0.4, -0.2) is 10.3 Å². The average Bonchev–Trinajstić information content (AvgIpc) is 2.13. The van der Waals surface area contributed by atoms with Crippen molar-refractivity contribution in [2.75, 3.05) is 5.73 Å². The molecule has 48 valence electrons. The lowest BCUT2D eigenvalue weighted by Gasteiger charge is -1.86. The molecule has 0 spiro atoms. The first-order valence-corrected chi connectivity index (χ1v) is 2.99. The predicted molar refractivity (Wildman–Crippen MR) is 35.0 cm³/mol. The molecular weight excluding hydrogens is 138 g/mol. The highest BCUT2D eigenvalue weighted by Gasteiger charge is 2.05. The van der Waals surface area contributed by atoms with Crippen LogP contribution < -0.4 is 11.5 Å². The molecule has 0 aliphatic heterocycles. The van der Waals surface area contributed by atoms with Gasteiger partial charge in [0, 0.05) is 0 Å². The molecule has 1 heterocycles. The summed E-state index contributed by atoms with van der Waals surface area (Å²) in [6.07, 6.45) is 1.36. The molecule has 0 unspecified atom stereocenters. The Labute approximate surface area is 55.6 Å². The van der Waals surface area contributed by atoms with Crippen molar-refractivity contribution in [2.45, 2.75) is 0 Å². The van der Waals surface area contributed by atoms with Gasteiger partial charge in [-0.25, -0.2) is 0 Å². The molecule has 1 aromatic heterocycles. The minimum Gasteiger partial charge on any atom is -0.389 e. The molecule has 0 aromatic carbocycles. The number of anilines is 1. The molecule has 4 nitrogen and oxygen atoms in total. The molecule has 1 rings (SSSR count). The van der Waals surface area contributed by atoms with Crippen molar-refractivity contribution >= 4 is 22.4 Å². The van der Waals surface area contributed by atoms with Crippen LogP contribution in [0, 0.1) is 0 Å². The van der Waals surface area contributed by atoms with Gasteiger partial charge in [0.25, 0.3) is 5.91 Å². The number of hydrogen-bond acceptors (Lipinski definition) is 4. The second-order valence-electron chi connectivity index (χ2n) is 1.47. The Morgan fingerprint density at radius 3 is 2.67 bits per heavy atom. The van der Waals surface area contributed by atoms with Crippen molar-refractivity contribution in [1.29, 1.82) is 0 Å². The molecule has 5 heteroatoms. The summed E-state index contributed by atoms with van der Waals surface area (Å²) >= 11 is 1.06. The third-order valence-corrected chi connectivity index (χ3v) is 1.49. The Kier molecular flexibility index (Phi) is 1.35. The number of primary amides is 1. The molecule has 0 aliphatic carbocycles. The van der Waals surface area contributed by atoms with E-state index in [4.69, 9.17) is 11.5 Å². The van der Waals surface area contributed by atoms with E-state index >= 15 is 0 Å². The fraction of sp³-hybridized carbons (Fsp3) is 0. The number of hydrogen-bond donors (Lipinski definition) is 2. The molecule has 0 fully saturated rings. The minimum absolute atomic E-state index is 0.306. The van der Waals surface area contributed by atoms with Gasteiger partial charge in [-0.1, -0.05) is 0 Å². The van der Waals surface area contributed by atoms with E-state index in [2.05, 4.69) is 4.37 Å². The third kappa shape index (κ3) is 0.996. The fourth-order valence-electron chi connectivity index (χ4n) is 0.434. The molecule has 0 atom stereocenters. The number of nitrogen functional groups attached to an aromatic ring is 1. The SMILES string of the molecule is NC(=O)c1cnsc1N. The van der Waals surface area contributed by atoms with Gasteiger partial charge in [0.1, 0.15) is 5.00 Å². The van der Waals surface area contributed by atoms with E-state index in [0.717, 1.165) is 11.5 Å². The first-order valence-electron chi connectivity index (χ1n) is 2.22. The van der Waals surface area contributed by atoms with E-state index in [1.54, 1.807) is 0 Å². The molecule has 4 N–H and O–H groups in total. The maximum absolute atomic E-state index is 10.4. The van der Waals surface area contributed by atoms with Gasteiger partial charge in [-0.15, -0.1) is 0 Å². The summed E-state index contributed by atoms with van der Waals surface area (Å²) in [4.78, 5) is 10.4. The van der Waals surface area contributed by atoms with E-state index < -0.39 is 5.91 Å². The summed E-state index contributed by atoms with van der Waals surface area (Å²) in [6.45, 7) is 0. The lowest BCUT2D eigenvalue weighted by atomic mass is 10.3. The molecule has 0 radical (unpaired) electrons. The number of aromatic nitrogens is 1. The molecule has 9 heavy (non-hydrogen) atoms. The molecule has 0 aliphatic rings. The largest absolute Gasteiger partial charge is 0.389 e. The van der Waals surface area contributed by atoms with Crippen molar-refractivity contribution in [2.24, 2.45) is 5.73 Å². The van der Waals surface area contributed by atoms with Crippen LogP contribution in [0.1, 0.15) is 10.4 Å². The van der Waals surface area contributed by atoms with Gasteiger partial charge in [-0.3, -0.25) is 4.79 Å². The molecule has 0 saturated carbocycles. The summed E-state index contributed by atoms with van der Waals surface area (Å²) in [6, 6.07) is 0. The summed E-state index contributed by atoms with van der Waals surface area (Å²) in [5.41, 5.74) is 10.5. The van der Waals surface area contributed by atoms with Gasteiger partial charge < -0.3 is 11.5 Å². The first kappa shape index (κ1) is 6.03. The van der Waals surface area contributed by atoms with Crippen molar-refractivity contribution in [3.8, 4) is 0 Å². The van der Waals surface area contributed by atoms with Gasteiger partial charge in [0.05, 0.1) is 11.8 Å². The summed E-state index contributed by atoms with van der Waals surface area (Å²) in [7, 11) is 0. The summed E-state index contributed by atoms with van der Waals surface area (Å²) < 4.78 is 3.66. The number of nitrogens with two attached hydrogens (primary N) is 2. The van der Waals surface area contributed by atoms with Crippen LogP contribution in [-0.2, 0) is 0 Å². The fourth-order valence-corrected chi connectivity index (χ4v) is 0.957. The average molecular weight is 143 g/mol. The molecule has 1 amide bonds. The quantitative estimate of drug-likeness (QED) is 0.572. The zero-order chi connectivity index (χ0) is 6.85. The van der Waals surface area contributed by atoms with Crippen LogP contribution in [0.3, 0.4) is 0 Å². The lowest BCUT2D eigenvalue weighted by Crippen LogP contribution is -2.11. The van der Waals surface area contributed by atoms with Crippen molar-refractivity contribution in [3.05, 3.63) is 11.8 Å². The highest BCUT2D eigenvalue weighted by molar-refractivity contribution is 7.10. The number of carbonyl (C=O) groups excluding carboxylic acids is 1.